The predicted molar refractivity (Wildman–Crippen MR) is 66.7 cm³/mol. The summed E-state index contributed by atoms with van der Waals surface area (Å²) in [5.41, 5.74) is 3.77. The third-order valence-electron chi connectivity index (χ3n) is 2.72. The zero-order chi connectivity index (χ0) is 12.5. The summed E-state index contributed by atoms with van der Waals surface area (Å²) in [6.07, 6.45) is 3.13. The molecular formula is C14H9N3O. The van der Waals surface area contributed by atoms with Gasteiger partial charge in [-0.3, -0.25) is 4.98 Å². The Morgan fingerprint density at radius 1 is 1.28 bits per heavy atom. The van der Waals surface area contributed by atoms with E-state index >= 15 is 0 Å². The quantitative estimate of drug-likeness (QED) is 0.650. The zero-order valence-corrected chi connectivity index (χ0v) is 9.71. The Labute approximate surface area is 104 Å². The zero-order valence-electron chi connectivity index (χ0n) is 9.71. The molecule has 4 heteroatoms. The van der Waals surface area contributed by atoms with Gasteiger partial charge in [0.05, 0.1) is 11.1 Å². The minimum Gasteiger partial charge on any atom is -0.436 e. The van der Waals surface area contributed by atoms with Crippen molar-refractivity contribution in [3.8, 4) is 17.5 Å². The number of fused-ring (bicyclic) bond motifs is 1. The number of hydrogen-bond donors (Lipinski definition) is 0. The highest BCUT2D eigenvalue weighted by Crippen LogP contribution is 2.26. The first kappa shape index (κ1) is 10.5. The van der Waals surface area contributed by atoms with Crippen molar-refractivity contribution in [3.05, 3.63) is 47.8 Å². The lowest BCUT2D eigenvalue weighted by Gasteiger charge is -1.95. The van der Waals surface area contributed by atoms with E-state index in [2.05, 4.69) is 16.0 Å². The molecule has 2 aromatic heterocycles. The maximum absolute atomic E-state index is 9.04. The van der Waals surface area contributed by atoms with E-state index in [0.717, 1.165) is 16.7 Å². The first-order valence-corrected chi connectivity index (χ1v) is 5.49. The molecule has 2 heterocycles. The molecule has 0 fully saturated rings. The number of oxazole rings is 1. The monoisotopic (exact) mass is 235 g/mol. The first-order valence-electron chi connectivity index (χ1n) is 5.49. The van der Waals surface area contributed by atoms with Gasteiger partial charge >= 0.3 is 0 Å². The van der Waals surface area contributed by atoms with Gasteiger partial charge in [-0.25, -0.2) is 4.98 Å². The number of pyridine rings is 1. The number of benzene rings is 1. The van der Waals surface area contributed by atoms with Gasteiger partial charge in [0.15, 0.2) is 5.58 Å². The topological polar surface area (TPSA) is 62.7 Å². The van der Waals surface area contributed by atoms with Gasteiger partial charge in [0.1, 0.15) is 11.6 Å². The summed E-state index contributed by atoms with van der Waals surface area (Å²) in [6.45, 7) is 2.00. The molecule has 0 bridgehead atoms. The standard InChI is InChI=1S/C14H9N3O/c1-9-2-3-13-12(6-9)17-14(18-13)11-4-5-16-8-10(11)7-15/h2-6,8H,1H3. The van der Waals surface area contributed by atoms with Gasteiger partial charge in [-0.1, -0.05) is 6.07 Å². The van der Waals surface area contributed by atoms with Gasteiger partial charge in [0.25, 0.3) is 0 Å². The van der Waals surface area contributed by atoms with Crippen LogP contribution in [-0.2, 0) is 0 Å². The molecule has 3 rings (SSSR count). The minimum atomic E-state index is 0.453. The number of rotatable bonds is 1. The normalized spacial score (nSPS) is 10.4. The van der Waals surface area contributed by atoms with E-state index in [4.69, 9.17) is 9.68 Å². The largest absolute Gasteiger partial charge is 0.436 e. The number of aromatic nitrogens is 2. The molecule has 0 aliphatic carbocycles. The fraction of sp³-hybridized carbons (Fsp3) is 0.0714. The van der Waals surface area contributed by atoms with E-state index in [1.54, 1.807) is 12.3 Å². The Morgan fingerprint density at radius 2 is 2.17 bits per heavy atom. The SMILES string of the molecule is Cc1ccc2oc(-c3ccncc3C#N)nc2c1. The van der Waals surface area contributed by atoms with Crippen LogP contribution >= 0.6 is 0 Å². The lowest BCUT2D eigenvalue weighted by atomic mass is 10.1. The van der Waals surface area contributed by atoms with Gasteiger partial charge in [-0.2, -0.15) is 5.26 Å². The second kappa shape index (κ2) is 3.97. The molecule has 0 aliphatic rings. The van der Waals surface area contributed by atoms with Crippen molar-refractivity contribution < 1.29 is 4.42 Å². The van der Waals surface area contributed by atoms with E-state index in [1.165, 1.54) is 6.20 Å². The summed E-state index contributed by atoms with van der Waals surface area (Å²) < 4.78 is 5.66. The van der Waals surface area contributed by atoms with Crippen molar-refractivity contribution >= 4 is 11.1 Å². The van der Waals surface area contributed by atoms with Crippen molar-refractivity contribution in [1.82, 2.24) is 9.97 Å². The highest BCUT2D eigenvalue weighted by molar-refractivity contribution is 5.77. The van der Waals surface area contributed by atoms with Gasteiger partial charge in [-0.15, -0.1) is 0 Å². The van der Waals surface area contributed by atoms with Crippen LogP contribution < -0.4 is 0 Å². The molecule has 1 aromatic carbocycles. The van der Waals surface area contributed by atoms with Crippen LogP contribution in [0.5, 0.6) is 0 Å². The van der Waals surface area contributed by atoms with Crippen LogP contribution in [0.4, 0.5) is 0 Å². The van der Waals surface area contributed by atoms with Crippen molar-refractivity contribution in [1.29, 1.82) is 5.26 Å². The van der Waals surface area contributed by atoms with E-state index in [9.17, 15) is 0 Å². The average Bonchev–Trinajstić information content (AvgIpc) is 2.81. The highest BCUT2D eigenvalue weighted by Gasteiger charge is 2.12. The van der Waals surface area contributed by atoms with Gasteiger partial charge in [-0.05, 0) is 30.7 Å². The van der Waals surface area contributed by atoms with Crippen LogP contribution in [0.3, 0.4) is 0 Å². The summed E-state index contributed by atoms with van der Waals surface area (Å²) in [6, 6.07) is 9.62. The summed E-state index contributed by atoms with van der Waals surface area (Å²) in [7, 11) is 0. The maximum Gasteiger partial charge on any atom is 0.228 e. The molecule has 4 nitrogen and oxygen atoms in total. The Bertz CT molecular complexity index is 768. The number of aryl methyl sites for hydroxylation is 1. The molecule has 86 valence electrons. The molecule has 3 aromatic rings. The van der Waals surface area contributed by atoms with Crippen LogP contribution in [0.1, 0.15) is 11.1 Å². The van der Waals surface area contributed by atoms with Crippen molar-refractivity contribution in [2.75, 3.05) is 0 Å². The molecule has 0 radical (unpaired) electrons. The van der Waals surface area contributed by atoms with E-state index in [-0.39, 0.29) is 0 Å². The number of nitrogens with zero attached hydrogens (tertiary/aromatic N) is 3. The third kappa shape index (κ3) is 1.62. The summed E-state index contributed by atoms with van der Waals surface area (Å²) in [5, 5.41) is 9.04. The number of hydrogen-bond acceptors (Lipinski definition) is 4. The Kier molecular flexibility index (Phi) is 2.31. The van der Waals surface area contributed by atoms with Crippen molar-refractivity contribution in [3.63, 3.8) is 0 Å². The lowest BCUT2D eigenvalue weighted by Crippen LogP contribution is -1.85. The summed E-state index contributed by atoms with van der Waals surface area (Å²) in [4.78, 5) is 8.32. The molecule has 0 aliphatic heterocycles. The Balaban J connectivity index is 2.23. The van der Waals surface area contributed by atoms with Crippen LogP contribution in [-0.4, -0.2) is 9.97 Å². The smallest absolute Gasteiger partial charge is 0.228 e. The molecule has 0 unspecified atom stereocenters. The van der Waals surface area contributed by atoms with Crippen LogP contribution in [0.25, 0.3) is 22.6 Å². The lowest BCUT2D eigenvalue weighted by molar-refractivity contribution is 0.619. The average molecular weight is 235 g/mol. The predicted octanol–water partition coefficient (Wildman–Crippen LogP) is 3.07. The maximum atomic E-state index is 9.04. The second-order valence-electron chi connectivity index (χ2n) is 4.02. The molecular weight excluding hydrogens is 226 g/mol. The molecule has 18 heavy (non-hydrogen) atoms. The van der Waals surface area contributed by atoms with E-state index in [1.807, 2.05) is 25.1 Å². The van der Waals surface area contributed by atoms with Gasteiger partial charge < -0.3 is 4.42 Å². The van der Waals surface area contributed by atoms with Crippen LogP contribution in [0.15, 0.2) is 41.1 Å². The van der Waals surface area contributed by atoms with E-state index in [0.29, 0.717) is 17.0 Å². The van der Waals surface area contributed by atoms with Crippen molar-refractivity contribution in [2.45, 2.75) is 6.92 Å². The van der Waals surface area contributed by atoms with Gasteiger partial charge in [0.2, 0.25) is 5.89 Å². The Hall–Kier alpha value is -2.67. The molecule has 0 atom stereocenters. The Morgan fingerprint density at radius 3 is 3.00 bits per heavy atom. The third-order valence-corrected chi connectivity index (χ3v) is 2.72. The fourth-order valence-electron chi connectivity index (χ4n) is 1.82. The number of nitriles is 1. The molecule has 0 spiro atoms. The van der Waals surface area contributed by atoms with Crippen LogP contribution in [0, 0.1) is 18.3 Å². The summed E-state index contributed by atoms with van der Waals surface area (Å²) in [5.74, 6) is 0.453. The summed E-state index contributed by atoms with van der Waals surface area (Å²) >= 11 is 0. The molecule has 0 saturated heterocycles. The fourth-order valence-corrected chi connectivity index (χ4v) is 1.82. The first-order chi connectivity index (χ1) is 8.78. The van der Waals surface area contributed by atoms with Crippen LogP contribution in [0.2, 0.25) is 0 Å². The molecule has 0 N–H and O–H groups in total. The van der Waals surface area contributed by atoms with Crippen molar-refractivity contribution in [2.24, 2.45) is 0 Å². The highest BCUT2D eigenvalue weighted by atomic mass is 16.3. The minimum absolute atomic E-state index is 0.453. The molecule has 0 amide bonds. The second-order valence-corrected chi connectivity index (χ2v) is 4.02. The van der Waals surface area contributed by atoms with Gasteiger partial charge in [0, 0.05) is 12.4 Å². The van der Waals surface area contributed by atoms with E-state index < -0.39 is 0 Å². The molecule has 0 saturated carbocycles.